The minimum atomic E-state index is -0.00901. The lowest BCUT2D eigenvalue weighted by molar-refractivity contribution is 0.604. The molecule has 0 unspecified atom stereocenters. The molecule has 0 aromatic heterocycles. The molecule has 3 aromatic rings. The quantitative estimate of drug-likeness (QED) is 0.148. The molecule has 0 bridgehead atoms. The second-order valence-corrected chi connectivity index (χ2v) is 14.2. The molecule has 0 fully saturated rings. The molecule has 0 saturated heterocycles. The van der Waals surface area contributed by atoms with Gasteiger partial charge < -0.3 is 0 Å². The highest BCUT2D eigenvalue weighted by Crippen LogP contribution is 2.53. The van der Waals surface area contributed by atoms with Crippen molar-refractivity contribution >= 4 is 11.1 Å². The van der Waals surface area contributed by atoms with Crippen molar-refractivity contribution in [1.82, 2.24) is 0 Å². The Hall–Kier alpha value is -5.72. The van der Waals surface area contributed by atoms with Gasteiger partial charge in [-0.15, -0.1) is 6.58 Å². The monoisotopic (exact) mass is 674 g/mol. The fourth-order valence-electron chi connectivity index (χ4n) is 8.06. The van der Waals surface area contributed by atoms with Gasteiger partial charge in [0.05, 0.1) is 0 Å². The molecule has 0 atom stereocenters. The van der Waals surface area contributed by atoms with E-state index in [1.54, 1.807) is 5.57 Å². The number of fused-ring (bicyclic) bond motifs is 4. The molecule has 0 nitrogen and oxygen atoms in total. The van der Waals surface area contributed by atoms with Crippen molar-refractivity contribution in [1.29, 1.82) is 0 Å². The Labute approximate surface area is 312 Å². The van der Waals surface area contributed by atoms with Crippen LogP contribution in [0.25, 0.3) is 22.3 Å². The third-order valence-corrected chi connectivity index (χ3v) is 10.6. The second-order valence-electron chi connectivity index (χ2n) is 14.2. The number of hydrogen-bond acceptors (Lipinski definition) is 0. The predicted octanol–water partition coefficient (Wildman–Crippen LogP) is 14.1. The van der Waals surface area contributed by atoms with E-state index in [4.69, 9.17) is 0 Å². The van der Waals surface area contributed by atoms with Crippen LogP contribution >= 0.6 is 0 Å². The smallest absolute Gasteiger partial charge is 0.0121 e. The van der Waals surface area contributed by atoms with Crippen LogP contribution in [-0.2, 0) is 11.8 Å². The highest BCUT2D eigenvalue weighted by molar-refractivity contribution is 5.93. The molecular formula is C52H50. The van der Waals surface area contributed by atoms with Crippen molar-refractivity contribution in [2.45, 2.75) is 51.9 Å². The molecular weight excluding hydrogens is 625 g/mol. The summed E-state index contributed by atoms with van der Waals surface area (Å²) in [6.45, 7) is 28.2. The second kappa shape index (κ2) is 15.7. The number of benzene rings is 3. The maximum atomic E-state index is 4.55. The third kappa shape index (κ3) is 6.95. The SMILES string of the molecule is C=CC\C=C/C(=C\C(=C)/C=C\C)C1=C(C=C)/C(C=C)=C(/c2ccc(-c3ccc4c(c3)C(C)(C)C3=C4c4ccccc4CC3)cc2)C(=C)/C=C\C=C/C\1. The lowest BCUT2D eigenvalue weighted by Gasteiger charge is -2.28. The summed E-state index contributed by atoms with van der Waals surface area (Å²) >= 11 is 0. The normalized spacial score (nSPS) is 21.1. The predicted molar refractivity (Wildman–Crippen MR) is 228 cm³/mol. The molecule has 258 valence electrons. The Morgan fingerprint density at radius 1 is 0.788 bits per heavy atom. The summed E-state index contributed by atoms with van der Waals surface area (Å²) in [5.41, 5.74) is 19.3. The molecule has 6 rings (SSSR count). The van der Waals surface area contributed by atoms with E-state index in [1.807, 2.05) is 37.3 Å². The van der Waals surface area contributed by atoms with Gasteiger partial charge in [-0.05, 0) is 128 Å². The molecule has 0 heteroatoms. The summed E-state index contributed by atoms with van der Waals surface area (Å²) in [5.74, 6) is 0. The van der Waals surface area contributed by atoms with Gasteiger partial charge in [0.15, 0.2) is 0 Å². The van der Waals surface area contributed by atoms with Gasteiger partial charge in [0.2, 0.25) is 0 Å². The Morgan fingerprint density at radius 3 is 2.25 bits per heavy atom. The standard InChI is InChI=1S/C52H50/c1-9-13-15-23-42(34-36(5)20-10-2)45-24-17-14-16-21-37(6)50(44(12-4)43(45)11-3)40-28-26-38(27-29-40)41-30-32-47-49(35-41)52(7,8)48-33-31-39-22-18-19-25-46(39)51(47)48/h9-12,14-23,25-30,32,34-35H,1,3-6,13,24,31,33H2,2,7-8H3/b17-14-,20-10-,21-16-,23-15-,42-34+,45-43+,50-44+. The largest absolute Gasteiger partial charge is 0.103 e. The van der Waals surface area contributed by atoms with E-state index in [1.165, 1.54) is 39.0 Å². The first-order valence-corrected chi connectivity index (χ1v) is 18.4. The molecule has 0 spiro atoms. The van der Waals surface area contributed by atoms with Crippen molar-refractivity contribution in [2.75, 3.05) is 0 Å². The van der Waals surface area contributed by atoms with E-state index in [0.29, 0.717) is 6.42 Å². The van der Waals surface area contributed by atoms with Crippen LogP contribution in [-0.4, -0.2) is 0 Å². The maximum absolute atomic E-state index is 4.55. The number of aryl methyl sites for hydroxylation is 1. The number of hydrogen-bond donors (Lipinski definition) is 0. The summed E-state index contributed by atoms with van der Waals surface area (Å²) in [7, 11) is 0. The molecule has 0 radical (unpaired) electrons. The fourth-order valence-corrected chi connectivity index (χ4v) is 8.06. The molecule has 0 amide bonds. The van der Waals surface area contributed by atoms with Crippen molar-refractivity contribution < 1.29 is 0 Å². The van der Waals surface area contributed by atoms with E-state index in [-0.39, 0.29) is 5.41 Å². The summed E-state index contributed by atoms with van der Waals surface area (Å²) < 4.78 is 0. The molecule has 3 aliphatic rings. The van der Waals surface area contributed by atoms with Crippen molar-refractivity contribution in [3.63, 3.8) is 0 Å². The van der Waals surface area contributed by atoms with Crippen molar-refractivity contribution in [3.8, 4) is 11.1 Å². The van der Waals surface area contributed by atoms with Gasteiger partial charge >= 0.3 is 0 Å². The van der Waals surface area contributed by atoms with Crippen LogP contribution < -0.4 is 0 Å². The van der Waals surface area contributed by atoms with Crippen LogP contribution in [0.15, 0.2) is 212 Å². The van der Waals surface area contributed by atoms with Gasteiger partial charge in [-0.1, -0.05) is 173 Å². The first-order valence-electron chi connectivity index (χ1n) is 18.4. The molecule has 0 saturated carbocycles. The average molecular weight is 675 g/mol. The summed E-state index contributed by atoms with van der Waals surface area (Å²) in [5, 5.41) is 0. The van der Waals surface area contributed by atoms with E-state index < -0.39 is 0 Å². The van der Waals surface area contributed by atoms with Gasteiger partial charge in [-0.2, -0.15) is 0 Å². The summed E-state index contributed by atoms with van der Waals surface area (Å²) in [6.07, 6.45) is 28.4. The lowest BCUT2D eigenvalue weighted by Crippen LogP contribution is -2.19. The zero-order valence-electron chi connectivity index (χ0n) is 31.1. The molecule has 3 aromatic carbocycles. The highest BCUT2D eigenvalue weighted by Gasteiger charge is 2.40. The Bertz CT molecular complexity index is 2220. The lowest BCUT2D eigenvalue weighted by atomic mass is 9.76. The van der Waals surface area contributed by atoms with Gasteiger partial charge in [0.1, 0.15) is 0 Å². The van der Waals surface area contributed by atoms with Gasteiger partial charge in [-0.3, -0.25) is 0 Å². The van der Waals surface area contributed by atoms with Crippen LogP contribution in [0.3, 0.4) is 0 Å². The molecule has 0 aliphatic heterocycles. The molecule has 52 heavy (non-hydrogen) atoms. The van der Waals surface area contributed by atoms with Crippen LogP contribution in [0.2, 0.25) is 0 Å². The first kappa shape index (κ1) is 36.1. The van der Waals surface area contributed by atoms with E-state index in [9.17, 15) is 0 Å². The van der Waals surface area contributed by atoms with E-state index in [0.717, 1.165) is 63.8 Å². The number of allylic oxidation sites excluding steroid dienone is 20. The maximum Gasteiger partial charge on any atom is 0.0121 e. The van der Waals surface area contributed by atoms with Gasteiger partial charge in [0, 0.05) is 5.41 Å². The van der Waals surface area contributed by atoms with Crippen molar-refractivity contribution in [3.05, 3.63) is 239 Å². The van der Waals surface area contributed by atoms with Crippen LogP contribution in [0.4, 0.5) is 0 Å². The zero-order chi connectivity index (χ0) is 36.8. The van der Waals surface area contributed by atoms with Crippen LogP contribution in [0.5, 0.6) is 0 Å². The molecule has 3 aliphatic carbocycles. The first-order chi connectivity index (χ1) is 25.2. The number of rotatable bonds is 10. The topological polar surface area (TPSA) is 0 Å². The fraction of sp³-hybridized carbons (Fsp3) is 0.154. The zero-order valence-corrected chi connectivity index (χ0v) is 31.1. The minimum absolute atomic E-state index is 0.00901. The summed E-state index contributed by atoms with van der Waals surface area (Å²) in [6, 6.07) is 25.0. The molecule has 0 heterocycles. The Kier molecular flexibility index (Phi) is 10.9. The van der Waals surface area contributed by atoms with Gasteiger partial charge in [-0.25, -0.2) is 0 Å². The van der Waals surface area contributed by atoms with Crippen molar-refractivity contribution in [2.24, 2.45) is 0 Å². The third-order valence-electron chi connectivity index (χ3n) is 10.6. The van der Waals surface area contributed by atoms with E-state index in [2.05, 4.69) is 156 Å². The average Bonchev–Trinajstić information content (AvgIpc) is 3.39. The Balaban J connectivity index is 1.45. The minimum Gasteiger partial charge on any atom is -0.103 e. The van der Waals surface area contributed by atoms with Crippen LogP contribution in [0, 0.1) is 0 Å². The Morgan fingerprint density at radius 2 is 1.52 bits per heavy atom. The molecule has 0 N–H and O–H groups in total. The van der Waals surface area contributed by atoms with Gasteiger partial charge in [0.25, 0.3) is 0 Å². The summed E-state index contributed by atoms with van der Waals surface area (Å²) in [4.78, 5) is 0. The van der Waals surface area contributed by atoms with Crippen LogP contribution in [0.1, 0.15) is 67.9 Å². The highest BCUT2D eigenvalue weighted by atomic mass is 14.4. The van der Waals surface area contributed by atoms with E-state index >= 15 is 0 Å².